The average Bonchev–Trinajstić information content (AvgIpc) is 1.66. The fourth-order valence-corrected chi connectivity index (χ4v) is 0.249. The standard InChI is InChI=1S/C6H8O2.Ca.2H/c1-2-3-4-5-6(7)8;;;/h2-5H,1H3,(H,7,8);;;/q;+2;2*-1/b3-2+,5-4+;;;. The van der Waals surface area contributed by atoms with E-state index in [0.29, 0.717) is 0 Å². The number of carboxylic acids is 1. The Labute approximate surface area is 87.2 Å². The summed E-state index contributed by atoms with van der Waals surface area (Å²) in [5.41, 5.74) is 0. The Morgan fingerprint density at radius 2 is 2.11 bits per heavy atom. The molecule has 0 unspecified atom stereocenters. The van der Waals surface area contributed by atoms with E-state index in [1.54, 1.807) is 12.2 Å². The van der Waals surface area contributed by atoms with Gasteiger partial charge in [-0.15, -0.1) is 0 Å². The van der Waals surface area contributed by atoms with E-state index < -0.39 is 5.97 Å². The Kier molecular flexibility index (Phi) is 10.9. The van der Waals surface area contributed by atoms with Crippen molar-refractivity contribution in [3.05, 3.63) is 24.3 Å². The van der Waals surface area contributed by atoms with Crippen LogP contribution < -0.4 is 0 Å². The molecule has 0 aromatic rings. The molecule has 0 atom stereocenters. The van der Waals surface area contributed by atoms with E-state index >= 15 is 0 Å². The van der Waals surface area contributed by atoms with E-state index in [-0.39, 0.29) is 40.6 Å². The molecular formula is C6H10CaO2. The van der Waals surface area contributed by atoms with Crippen LogP contribution in [0.2, 0.25) is 0 Å². The van der Waals surface area contributed by atoms with E-state index in [0.717, 1.165) is 6.08 Å². The van der Waals surface area contributed by atoms with Gasteiger partial charge in [0.15, 0.2) is 0 Å². The van der Waals surface area contributed by atoms with Crippen molar-refractivity contribution in [2.24, 2.45) is 0 Å². The second-order valence-corrected chi connectivity index (χ2v) is 1.22. The molecule has 3 heteroatoms. The van der Waals surface area contributed by atoms with Crippen LogP contribution >= 0.6 is 0 Å². The van der Waals surface area contributed by atoms with Crippen LogP contribution in [0, 0.1) is 0 Å². The number of carboxylic acid groups (broad SMARTS) is 1. The third-order valence-electron chi connectivity index (χ3n) is 0.542. The van der Waals surface area contributed by atoms with E-state index in [2.05, 4.69) is 0 Å². The summed E-state index contributed by atoms with van der Waals surface area (Å²) in [6.45, 7) is 1.83. The van der Waals surface area contributed by atoms with E-state index in [1.807, 2.05) is 6.92 Å². The Bertz CT molecular complexity index is 135. The zero-order chi connectivity index (χ0) is 6.41. The number of hydrogen-bond donors (Lipinski definition) is 1. The third-order valence-corrected chi connectivity index (χ3v) is 0.542. The van der Waals surface area contributed by atoms with Crippen molar-refractivity contribution in [3.8, 4) is 0 Å². The fourth-order valence-electron chi connectivity index (χ4n) is 0.249. The van der Waals surface area contributed by atoms with Gasteiger partial charge in [0, 0.05) is 6.08 Å². The van der Waals surface area contributed by atoms with Gasteiger partial charge in [0.2, 0.25) is 0 Å². The number of rotatable bonds is 2. The number of carbonyl (C=O) groups is 1. The van der Waals surface area contributed by atoms with Gasteiger partial charge in [-0.05, 0) is 6.92 Å². The van der Waals surface area contributed by atoms with Crippen LogP contribution in [0.5, 0.6) is 0 Å². The molecule has 0 aliphatic heterocycles. The first-order chi connectivity index (χ1) is 3.77. The van der Waals surface area contributed by atoms with Crippen molar-refractivity contribution >= 4 is 43.7 Å². The summed E-state index contributed by atoms with van der Waals surface area (Å²) in [5.74, 6) is -0.914. The predicted octanol–water partition coefficient (Wildman–Crippen LogP) is 1.05. The van der Waals surface area contributed by atoms with E-state index in [4.69, 9.17) is 5.11 Å². The van der Waals surface area contributed by atoms with Crippen molar-refractivity contribution < 1.29 is 12.8 Å². The molecule has 0 bridgehead atoms. The Morgan fingerprint density at radius 3 is 2.44 bits per heavy atom. The Hall–Kier alpha value is 0.210. The van der Waals surface area contributed by atoms with Crippen molar-refractivity contribution in [2.45, 2.75) is 6.92 Å². The first kappa shape index (κ1) is 11.9. The summed E-state index contributed by atoms with van der Waals surface area (Å²) in [6, 6.07) is 0. The minimum atomic E-state index is -0.914. The van der Waals surface area contributed by atoms with Gasteiger partial charge in [-0.3, -0.25) is 0 Å². The van der Waals surface area contributed by atoms with Crippen LogP contribution in [0.4, 0.5) is 0 Å². The molecule has 0 radical (unpaired) electrons. The summed E-state index contributed by atoms with van der Waals surface area (Å²) in [7, 11) is 0. The topological polar surface area (TPSA) is 37.3 Å². The maximum Gasteiger partial charge on any atom is 2.00 e. The molecule has 0 aliphatic rings. The molecule has 9 heavy (non-hydrogen) atoms. The molecule has 0 heterocycles. The molecule has 0 amide bonds. The molecule has 0 rings (SSSR count). The van der Waals surface area contributed by atoms with Gasteiger partial charge in [0.1, 0.15) is 0 Å². The van der Waals surface area contributed by atoms with Crippen molar-refractivity contribution in [3.63, 3.8) is 0 Å². The zero-order valence-corrected chi connectivity index (χ0v) is 7.58. The SMILES string of the molecule is C/C=C/C=C/C(=O)O.[Ca+2].[H-].[H-]. The van der Waals surface area contributed by atoms with Gasteiger partial charge in [-0.2, -0.15) is 0 Å². The van der Waals surface area contributed by atoms with Crippen molar-refractivity contribution in [1.82, 2.24) is 0 Å². The van der Waals surface area contributed by atoms with Crippen LogP contribution in [0.3, 0.4) is 0 Å². The molecule has 0 saturated carbocycles. The molecule has 1 N–H and O–H groups in total. The van der Waals surface area contributed by atoms with Crippen LogP contribution in [0.25, 0.3) is 0 Å². The quantitative estimate of drug-likeness (QED) is 0.366. The van der Waals surface area contributed by atoms with Crippen molar-refractivity contribution in [1.29, 1.82) is 0 Å². The van der Waals surface area contributed by atoms with Gasteiger partial charge in [0.25, 0.3) is 0 Å². The fraction of sp³-hybridized carbons (Fsp3) is 0.167. The zero-order valence-electron chi connectivity index (χ0n) is 7.37. The third kappa shape index (κ3) is 11.7. The summed E-state index contributed by atoms with van der Waals surface area (Å²) in [5, 5.41) is 8.02. The maximum absolute atomic E-state index is 9.75. The first-order valence-corrected chi connectivity index (χ1v) is 2.29. The summed E-state index contributed by atoms with van der Waals surface area (Å²) in [6.07, 6.45) is 5.98. The average molecular weight is 154 g/mol. The van der Waals surface area contributed by atoms with Crippen LogP contribution in [0.15, 0.2) is 24.3 Å². The molecule has 48 valence electrons. The van der Waals surface area contributed by atoms with Gasteiger partial charge in [-0.25, -0.2) is 4.79 Å². The Balaban J connectivity index is -0.0000000817. The van der Waals surface area contributed by atoms with Gasteiger partial charge < -0.3 is 7.96 Å². The number of allylic oxidation sites excluding steroid dienone is 3. The summed E-state index contributed by atoms with van der Waals surface area (Å²) < 4.78 is 0. The molecular weight excluding hydrogens is 144 g/mol. The second kappa shape index (κ2) is 8.21. The van der Waals surface area contributed by atoms with Gasteiger partial charge >= 0.3 is 43.7 Å². The minimum absolute atomic E-state index is 0. The predicted molar refractivity (Wildman–Crippen MR) is 39.6 cm³/mol. The van der Waals surface area contributed by atoms with Crippen LogP contribution in [-0.2, 0) is 4.79 Å². The molecule has 0 spiro atoms. The number of hydrogen-bond acceptors (Lipinski definition) is 1. The summed E-state index contributed by atoms with van der Waals surface area (Å²) in [4.78, 5) is 9.75. The van der Waals surface area contributed by atoms with Gasteiger partial charge in [0.05, 0.1) is 0 Å². The molecule has 2 nitrogen and oxygen atoms in total. The largest absolute Gasteiger partial charge is 2.00 e. The molecule has 0 aromatic heterocycles. The van der Waals surface area contributed by atoms with Gasteiger partial charge in [-0.1, -0.05) is 18.2 Å². The number of aliphatic carboxylic acids is 1. The molecule has 0 saturated heterocycles. The van der Waals surface area contributed by atoms with E-state index in [9.17, 15) is 4.79 Å². The normalized spacial score (nSPS) is 9.89. The smallest absolute Gasteiger partial charge is 1.00 e. The van der Waals surface area contributed by atoms with Crippen LogP contribution in [-0.4, -0.2) is 48.8 Å². The monoisotopic (exact) mass is 154 g/mol. The summed E-state index contributed by atoms with van der Waals surface area (Å²) >= 11 is 0. The maximum atomic E-state index is 9.75. The molecule has 0 aromatic carbocycles. The first-order valence-electron chi connectivity index (χ1n) is 2.29. The molecule has 0 fully saturated rings. The second-order valence-electron chi connectivity index (χ2n) is 1.22. The van der Waals surface area contributed by atoms with Crippen LogP contribution in [0.1, 0.15) is 9.78 Å². The molecule has 0 aliphatic carbocycles. The Morgan fingerprint density at radius 1 is 1.56 bits per heavy atom. The minimum Gasteiger partial charge on any atom is -1.00 e. The van der Waals surface area contributed by atoms with E-state index in [1.165, 1.54) is 6.08 Å². The van der Waals surface area contributed by atoms with Crippen molar-refractivity contribution in [2.75, 3.05) is 0 Å².